The summed E-state index contributed by atoms with van der Waals surface area (Å²) in [5.41, 5.74) is 0.817. The molecular formula is C14H12ClFN2O2. The Morgan fingerprint density at radius 2 is 2.15 bits per heavy atom. The second-order valence-electron chi connectivity index (χ2n) is 4.33. The van der Waals surface area contributed by atoms with Crippen LogP contribution in [-0.4, -0.2) is 23.1 Å². The minimum atomic E-state index is -1.07. The number of aromatic nitrogens is 1. The molecule has 2 rings (SSSR count). The number of anilines is 1. The standard InChI is InChI=1S/C14H12ClFN2O2/c1-18(8-9-3-2-4-11(16)5-9)13-7-10(14(19)20)6-12(15)17-13/h2-7H,8H2,1H3,(H,19,20). The molecule has 1 heterocycles. The van der Waals surface area contributed by atoms with Crippen LogP contribution in [0.2, 0.25) is 5.15 Å². The lowest BCUT2D eigenvalue weighted by molar-refractivity contribution is 0.0697. The zero-order valence-electron chi connectivity index (χ0n) is 10.7. The van der Waals surface area contributed by atoms with Crippen molar-refractivity contribution in [3.63, 3.8) is 0 Å². The summed E-state index contributed by atoms with van der Waals surface area (Å²) in [7, 11) is 1.73. The number of rotatable bonds is 4. The maximum atomic E-state index is 13.1. The van der Waals surface area contributed by atoms with E-state index in [1.54, 1.807) is 24.1 Å². The Balaban J connectivity index is 2.25. The lowest BCUT2D eigenvalue weighted by atomic mass is 10.2. The van der Waals surface area contributed by atoms with E-state index in [2.05, 4.69) is 4.98 Å². The second-order valence-corrected chi connectivity index (χ2v) is 4.72. The van der Waals surface area contributed by atoms with Gasteiger partial charge < -0.3 is 10.0 Å². The highest BCUT2D eigenvalue weighted by Gasteiger charge is 2.11. The summed E-state index contributed by atoms with van der Waals surface area (Å²) in [5, 5.41) is 9.09. The molecule has 0 amide bonds. The van der Waals surface area contributed by atoms with Gasteiger partial charge in [0.2, 0.25) is 0 Å². The highest BCUT2D eigenvalue weighted by molar-refractivity contribution is 6.29. The Labute approximate surface area is 120 Å². The van der Waals surface area contributed by atoms with E-state index >= 15 is 0 Å². The first kappa shape index (κ1) is 14.3. The van der Waals surface area contributed by atoms with Gasteiger partial charge in [0.1, 0.15) is 16.8 Å². The van der Waals surface area contributed by atoms with Crippen LogP contribution in [-0.2, 0) is 6.54 Å². The third kappa shape index (κ3) is 3.45. The number of carboxylic acids is 1. The van der Waals surface area contributed by atoms with Crippen molar-refractivity contribution >= 4 is 23.4 Å². The fraction of sp³-hybridized carbons (Fsp3) is 0.143. The predicted molar refractivity (Wildman–Crippen MR) is 74.7 cm³/mol. The summed E-state index contributed by atoms with van der Waals surface area (Å²) >= 11 is 5.81. The number of pyridine rings is 1. The molecule has 4 nitrogen and oxygen atoms in total. The van der Waals surface area contributed by atoms with E-state index in [1.165, 1.54) is 24.3 Å². The molecule has 0 aliphatic rings. The van der Waals surface area contributed by atoms with Gasteiger partial charge in [0, 0.05) is 13.6 Å². The number of hydrogen-bond donors (Lipinski definition) is 1. The van der Waals surface area contributed by atoms with Gasteiger partial charge in [0.25, 0.3) is 0 Å². The van der Waals surface area contributed by atoms with Gasteiger partial charge in [0.05, 0.1) is 5.56 Å². The first-order valence-electron chi connectivity index (χ1n) is 5.82. The van der Waals surface area contributed by atoms with E-state index in [9.17, 15) is 9.18 Å². The van der Waals surface area contributed by atoms with Crippen LogP contribution in [0.25, 0.3) is 0 Å². The summed E-state index contributed by atoms with van der Waals surface area (Å²) in [5.74, 6) is -0.977. The molecule has 0 aliphatic carbocycles. The molecule has 0 saturated heterocycles. The van der Waals surface area contributed by atoms with Crippen molar-refractivity contribution in [2.75, 3.05) is 11.9 Å². The molecule has 2 aromatic rings. The molecule has 20 heavy (non-hydrogen) atoms. The van der Waals surface area contributed by atoms with Crippen LogP contribution in [0, 0.1) is 5.82 Å². The van der Waals surface area contributed by atoms with E-state index in [0.29, 0.717) is 12.4 Å². The average Bonchev–Trinajstić information content (AvgIpc) is 2.37. The third-order valence-electron chi connectivity index (χ3n) is 2.73. The van der Waals surface area contributed by atoms with Gasteiger partial charge >= 0.3 is 5.97 Å². The van der Waals surface area contributed by atoms with E-state index in [-0.39, 0.29) is 16.5 Å². The van der Waals surface area contributed by atoms with E-state index in [1.807, 2.05) is 0 Å². The molecular weight excluding hydrogens is 283 g/mol. The van der Waals surface area contributed by atoms with Crippen molar-refractivity contribution in [3.8, 4) is 0 Å². The van der Waals surface area contributed by atoms with Crippen molar-refractivity contribution in [1.29, 1.82) is 0 Å². The topological polar surface area (TPSA) is 53.4 Å². The monoisotopic (exact) mass is 294 g/mol. The normalized spacial score (nSPS) is 10.3. The van der Waals surface area contributed by atoms with Crippen LogP contribution in [0.5, 0.6) is 0 Å². The van der Waals surface area contributed by atoms with E-state index in [0.717, 1.165) is 5.56 Å². The van der Waals surface area contributed by atoms with Gasteiger partial charge in [-0.05, 0) is 29.8 Å². The van der Waals surface area contributed by atoms with Crippen molar-refractivity contribution in [2.24, 2.45) is 0 Å². The molecule has 0 saturated carbocycles. The Kier molecular flexibility index (Phi) is 4.20. The summed E-state index contributed by atoms with van der Waals surface area (Å²) in [6.45, 7) is 0.393. The summed E-state index contributed by atoms with van der Waals surface area (Å²) < 4.78 is 13.1. The summed E-state index contributed by atoms with van der Waals surface area (Å²) in [6, 6.07) is 8.88. The lowest BCUT2D eigenvalue weighted by Gasteiger charge is -2.19. The molecule has 0 radical (unpaired) electrons. The molecule has 1 aromatic heterocycles. The van der Waals surface area contributed by atoms with Crippen LogP contribution in [0.15, 0.2) is 36.4 Å². The molecule has 0 fully saturated rings. The Morgan fingerprint density at radius 3 is 2.80 bits per heavy atom. The van der Waals surface area contributed by atoms with Crippen molar-refractivity contribution < 1.29 is 14.3 Å². The van der Waals surface area contributed by atoms with Gasteiger partial charge in [-0.2, -0.15) is 0 Å². The molecule has 0 atom stereocenters. The van der Waals surface area contributed by atoms with Gasteiger partial charge in [-0.1, -0.05) is 23.7 Å². The Bertz CT molecular complexity index is 649. The maximum absolute atomic E-state index is 13.1. The van der Waals surface area contributed by atoms with Gasteiger partial charge in [-0.3, -0.25) is 0 Å². The largest absolute Gasteiger partial charge is 0.478 e. The number of carboxylic acid groups (broad SMARTS) is 1. The smallest absolute Gasteiger partial charge is 0.335 e. The number of carbonyl (C=O) groups is 1. The molecule has 1 N–H and O–H groups in total. The number of aromatic carboxylic acids is 1. The molecule has 104 valence electrons. The number of benzene rings is 1. The van der Waals surface area contributed by atoms with Crippen LogP contribution >= 0.6 is 11.6 Å². The minimum absolute atomic E-state index is 0.0612. The molecule has 0 unspecified atom stereocenters. The van der Waals surface area contributed by atoms with Crippen LogP contribution in [0.1, 0.15) is 15.9 Å². The lowest BCUT2D eigenvalue weighted by Crippen LogP contribution is -2.18. The maximum Gasteiger partial charge on any atom is 0.335 e. The van der Waals surface area contributed by atoms with Crippen LogP contribution < -0.4 is 4.90 Å². The molecule has 0 bridgehead atoms. The highest BCUT2D eigenvalue weighted by atomic mass is 35.5. The van der Waals surface area contributed by atoms with Gasteiger partial charge in [-0.25, -0.2) is 14.2 Å². The minimum Gasteiger partial charge on any atom is -0.478 e. The molecule has 0 aliphatic heterocycles. The van der Waals surface area contributed by atoms with Crippen molar-refractivity contribution in [3.05, 3.63) is 58.5 Å². The molecule has 1 aromatic carbocycles. The van der Waals surface area contributed by atoms with Crippen LogP contribution in [0.4, 0.5) is 10.2 Å². The fourth-order valence-corrected chi connectivity index (χ4v) is 2.00. The number of nitrogens with zero attached hydrogens (tertiary/aromatic N) is 2. The molecule has 6 heteroatoms. The first-order chi connectivity index (χ1) is 9.45. The zero-order chi connectivity index (χ0) is 14.7. The quantitative estimate of drug-likeness (QED) is 0.880. The zero-order valence-corrected chi connectivity index (χ0v) is 11.4. The predicted octanol–water partition coefficient (Wildman–Crippen LogP) is 3.21. The van der Waals surface area contributed by atoms with Crippen molar-refractivity contribution in [1.82, 2.24) is 4.98 Å². The number of halogens is 2. The third-order valence-corrected chi connectivity index (χ3v) is 2.92. The van der Waals surface area contributed by atoms with Gasteiger partial charge in [-0.15, -0.1) is 0 Å². The highest BCUT2D eigenvalue weighted by Crippen LogP contribution is 2.19. The van der Waals surface area contributed by atoms with E-state index < -0.39 is 5.97 Å². The van der Waals surface area contributed by atoms with Gasteiger partial charge in [0.15, 0.2) is 0 Å². The Morgan fingerprint density at radius 1 is 1.40 bits per heavy atom. The SMILES string of the molecule is CN(Cc1cccc(F)c1)c1cc(C(=O)O)cc(Cl)n1. The summed E-state index contributed by atoms with van der Waals surface area (Å²) in [6.07, 6.45) is 0. The second kappa shape index (κ2) is 5.88. The molecule has 0 spiro atoms. The summed E-state index contributed by atoms with van der Waals surface area (Å²) in [4.78, 5) is 16.7. The van der Waals surface area contributed by atoms with Crippen LogP contribution in [0.3, 0.4) is 0 Å². The first-order valence-corrected chi connectivity index (χ1v) is 6.20. The van der Waals surface area contributed by atoms with E-state index in [4.69, 9.17) is 16.7 Å². The Hall–Kier alpha value is -2.14. The van der Waals surface area contributed by atoms with Crippen molar-refractivity contribution in [2.45, 2.75) is 6.54 Å². The average molecular weight is 295 g/mol. The number of hydrogen-bond acceptors (Lipinski definition) is 3. The fourth-order valence-electron chi connectivity index (χ4n) is 1.79.